The van der Waals surface area contributed by atoms with Gasteiger partial charge < -0.3 is 19.7 Å². The zero-order valence-electron chi connectivity index (χ0n) is 16.0. The minimum atomic E-state index is -0.0607. The van der Waals surface area contributed by atoms with E-state index in [-0.39, 0.29) is 17.9 Å². The Balaban J connectivity index is 1.59. The van der Waals surface area contributed by atoms with E-state index < -0.39 is 0 Å². The Morgan fingerprint density at radius 1 is 1.15 bits per heavy atom. The Morgan fingerprint density at radius 2 is 1.93 bits per heavy atom. The van der Waals surface area contributed by atoms with Crippen LogP contribution in [0.2, 0.25) is 0 Å². The molecule has 3 rings (SSSR count). The largest absolute Gasteiger partial charge is 0.490 e. The molecule has 7 nitrogen and oxygen atoms in total. The predicted molar refractivity (Wildman–Crippen MR) is 102 cm³/mol. The minimum absolute atomic E-state index is 0.0204. The molecule has 0 spiro atoms. The molecular formula is C20H29N3O4. The fraction of sp³-hybridized carbons (Fsp3) is 0.600. The summed E-state index contributed by atoms with van der Waals surface area (Å²) >= 11 is 0. The molecular weight excluding hydrogens is 346 g/mol. The molecule has 2 fully saturated rings. The number of ether oxygens (including phenoxy) is 2. The minimum Gasteiger partial charge on any atom is -0.490 e. The highest BCUT2D eigenvalue weighted by molar-refractivity contribution is 5.97. The topological polar surface area (TPSA) is 71.1 Å². The highest BCUT2D eigenvalue weighted by Gasteiger charge is 2.31. The molecule has 1 aromatic rings. The van der Waals surface area contributed by atoms with Gasteiger partial charge in [0.25, 0.3) is 5.91 Å². The van der Waals surface area contributed by atoms with Crippen molar-refractivity contribution >= 4 is 11.8 Å². The number of para-hydroxylation sites is 1. The smallest absolute Gasteiger partial charge is 0.257 e. The maximum absolute atomic E-state index is 13.0. The Morgan fingerprint density at radius 3 is 2.70 bits per heavy atom. The lowest BCUT2D eigenvalue weighted by Gasteiger charge is -2.38. The van der Waals surface area contributed by atoms with Crippen molar-refractivity contribution in [2.24, 2.45) is 0 Å². The van der Waals surface area contributed by atoms with Crippen LogP contribution < -0.4 is 10.1 Å². The molecule has 2 amide bonds. The number of hydrogen-bond acceptors (Lipinski definition) is 5. The van der Waals surface area contributed by atoms with Crippen molar-refractivity contribution in [3.05, 3.63) is 29.8 Å². The van der Waals surface area contributed by atoms with Crippen LogP contribution in [0.1, 0.15) is 29.6 Å². The van der Waals surface area contributed by atoms with Gasteiger partial charge in [-0.3, -0.25) is 14.5 Å². The molecule has 27 heavy (non-hydrogen) atoms. The summed E-state index contributed by atoms with van der Waals surface area (Å²) in [5.74, 6) is 0.697. The standard InChI is InChI=1S/C20H29N3O4/c1-26-14-15-27-18-8-3-2-6-16(18)20(25)23-12-10-22(11-13-23)17-7-4-5-9-21-19(17)24/h2-3,6,8,17H,4-5,7,9-15H2,1H3,(H,21,24)/t17-/m0/s1. The Kier molecular flexibility index (Phi) is 7.06. The highest BCUT2D eigenvalue weighted by atomic mass is 16.5. The summed E-state index contributed by atoms with van der Waals surface area (Å²) in [6.07, 6.45) is 3.01. The van der Waals surface area contributed by atoms with Crippen LogP contribution in [0.3, 0.4) is 0 Å². The SMILES string of the molecule is COCCOc1ccccc1C(=O)N1CCN([C@H]2CCCCNC2=O)CC1. The highest BCUT2D eigenvalue weighted by Crippen LogP contribution is 2.22. The maximum atomic E-state index is 13.0. The molecule has 1 N–H and O–H groups in total. The summed E-state index contributed by atoms with van der Waals surface area (Å²) in [7, 11) is 1.62. The Bertz CT molecular complexity index is 644. The van der Waals surface area contributed by atoms with Crippen LogP contribution in [0.25, 0.3) is 0 Å². The lowest BCUT2D eigenvalue weighted by molar-refractivity contribution is -0.126. The molecule has 0 saturated carbocycles. The number of amides is 2. The number of hydrogen-bond donors (Lipinski definition) is 1. The van der Waals surface area contributed by atoms with Gasteiger partial charge in [-0.25, -0.2) is 0 Å². The van der Waals surface area contributed by atoms with Crippen molar-refractivity contribution in [1.82, 2.24) is 15.1 Å². The monoisotopic (exact) mass is 375 g/mol. The molecule has 148 valence electrons. The fourth-order valence-corrected chi connectivity index (χ4v) is 3.68. The Hall–Kier alpha value is -2.12. The second-order valence-corrected chi connectivity index (χ2v) is 6.97. The zero-order valence-corrected chi connectivity index (χ0v) is 16.0. The van der Waals surface area contributed by atoms with Crippen LogP contribution >= 0.6 is 0 Å². The summed E-state index contributed by atoms with van der Waals surface area (Å²) in [4.78, 5) is 29.3. The molecule has 0 aromatic heterocycles. The molecule has 2 saturated heterocycles. The first kappa shape index (κ1) is 19.6. The van der Waals surface area contributed by atoms with Crippen molar-refractivity contribution in [2.45, 2.75) is 25.3 Å². The van der Waals surface area contributed by atoms with E-state index >= 15 is 0 Å². The summed E-state index contributed by atoms with van der Waals surface area (Å²) in [6.45, 7) is 4.33. The normalized spacial score (nSPS) is 21.4. The quantitative estimate of drug-likeness (QED) is 0.755. The van der Waals surface area contributed by atoms with E-state index in [1.165, 1.54) is 0 Å². The molecule has 2 aliphatic rings. The van der Waals surface area contributed by atoms with Gasteiger partial charge in [0, 0.05) is 39.8 Å². The molecule has 0 bridgehead atoms. The average Bonchev–Trinajstić information content (AvgIpc) is 2.92. The maximum Gasteiger partial charge on any atom is 0.257 e. The second-order valence-electron chi connectivity index (χ2n) is 6.97. The lowest BCUT2D eigenvalue weighted by atomic mass is 10.1. The first-order chi connectivity index (χ1) is 13.2. The van der Waals surface area contributed by atoms with E-state index in [0.717, 1.165) is 38.9 Å². The third kappa shape index (κ3) is 4.99. The van der Waals surface area contributed by atoms with E-state index in [1.807, 2.05) is 23.1 Å². The van der Waals surface area contributed by atoms with Gasteiger partial charge >= 0.3 is 0 Å². The van der Waals surface area contributed by atoms with Gasteiger partial charge in [0.05, 0.1) is 18.2 Å². The molecule has 0 unspecified atom stereocenters. The van der Waals surface area contributed by atoms with E-state index in [1.54, 1.807) is 13.2 Å². The summed E-state index contributed by atoms with van der Waals surface area (Å²) in [5.41, 5.74) is 0.578. The van der Waals surface area contributed by atoms with Crippen LogP contribution in [0, 0.1) is 0 Å². The van der Waals surface area contributed by atoms with E-state index in [4.69, 9.17) is 9.47 Å². The van der Waals surface area contributed by atoms with Crippen molar-refractivity contribution < 1.29 is 19.1 Å². The van der Waals surface area contributed by atoms with Crippen molar-refractivity contribution in [1.29, 1.82) is 0 Å². The average molecular weight is 375 g/mol. The number of benzene rings is 1. The lowest BCUT2D eigenvalue weighted by Crippen LogP contribution is -2.55. The van der Waals surface area contributed by atoms with Gasteiger partial charge in [0.15, 0.2) is 0 Å². The number of piperazine rings is 1. The van der Waals surface area contributed by atoms with Crippen molar-refractivity contribution in [2.75, 3.05) is 53.0 Å². The number of rotatable bonds is 6. The van der Waals surface area contributed by atoms with Gasteiger partial charge in [0.1, 0.15) is 12.4 Å². The van der Waals surface area contributed by atoms with Gasteiger partial charge in [-0.15, -0.1) is 0 Å². The van der Waals surface area contributed by atoms with Gasteiger partial charge in [-0.1, -0.05) is 12.1 Å². The first-order valence-electron chi connectivity index (χ1n) is 9.72. The van der Waals surface area contributed by atoms with Crippen LogP contribution in [-0.4, -0.2) is 80.7 Å². The molecule has 2 heterocycles. The van der Waals surface area contributed by atoms with E-state index in [2.05, 4.69) is 10.2 Å². The second kappa shape index (κ2) is 9.71. The van der Waals surface area contributed by atoms with Gasteiger partial charge in [-0.05, 0) is 31.4 Å². The van der Waals surface area contributed by atoms with Crippen molar-refractivity contribution in [3.8, 4) is 5.75 Å². The number of carbonyl (C=O) groups is 2. The predicted octanol–water partition coefficient (Wildman–Crippen LogP) is 1.14. The Labute approximate surface area is 160 Å². The number of nitrogens with zero attached hydrogens (tertiary/aromatic N) is 2. The number of carbonyl (C=O) groups excluding carboxylic acids is 2. The molecule has 7 heteroatoms. The molecule has 0 aliphatic carbocycles. The summed E-state index contributed by atoms with van der Waals surface area (Å²) in [6, 6.07) is 7.27. The third-order valence-electron chi connectivity index (χ3n) is 5.21. The molecule has 1 aromatic carbocycles. The zero-order chi connectivity index (χ0) is 19.1. The van der Waals surface area contributed by atoms with Crippen LogP contribution in [0.5, 0.6) is 5.75 Å². The van der Waals surface area contributed by atoms with Crippen LogP contribution in [-0.2, 0) is 9.53 Å². The van der Waals surface area contributed by atoms with Crippen LogP contribution in [0.4, 0.5) is 0 Å². The molecule has 2 aliphatic heterocycles. The van der Waals surface area contributed by atoms with Crippen molar-refractivity contribution in [3.63, 3.8) is 0 Å². The number of nitrogens with one attached hydrogen (secondary N) is 1. The van der Waals surface area contributed by atoms with E-state index in [0.29, 0.717) is 37.6 Å². The molecule has 1 atom stereocenters. The number of methoxy groups -OCH3 is 1. The summed E-state index contributed by atoms with van der Waals surface area (Å²) in [5, 5.41) is 3.00. The summed E-state index contributed by atoms with van der Waals surface area (Å²) < 4.78 is 10.7. The fourth-order valence-electron chi connectivity index (χ4n) is 3.68. The van der Waals surface area contributed by atoms with E-state index in [9.17, 15) is 9.59 Å². The first-order valence-corrected chi connectivity index (χ1v) is 9.72. The third-order valence-corrected chi connectivity index (χ3v) is 5.21. The van der Waals surface area contributed by atoms with Gasteiger partial charge in [-0.2, -0.15) is 0 Å². The molecule has 0 radical (unpaired) electrons. The van der Waals surface area contributed by atoms with Gasteiger partial charge in [0.2, 0.25) is 5.91 Å². The van der Waals surface area contributed by atoms with Crippen LogP contribution in [0.15, 0.2) is 24.3 Å².